The lowest BCUT2D eigenvalue weighted by molar-refractivity contribution is 0.232. The van der Waals surface area contributed by atoms with E-state index in [4.69, 9.17) is 0 Å². The van der Waals surface area contributed by atoms with Gasteiger partial charge in [0.05, 0.1) is 10.6 Å². The maximum Gasteiger partial charge on any atom is 0.0829 e. The second-order valence-electron chi connectivity index (χ2n) is 6.63. The largest absolute Gasteiger partial charge is 0.309 e. The first kappa shape index (κ1) is 15.9. The molecule has 20 heavy (non-hydrogen) atoms. The Balaban J connectivity index is 2.16. The number of nitrogens with one attached hydrogen (secondary N) is 1. The molecular formula is C16H29N3S. The van der Waals surface area contributed by atoms with E-state index in [-0.39, 0.29) is 0 Å². The average Bonchev–Trinajstić information content (AvgIpc) is 2.90. The minimum atomic E-state index is 0.470. The van der Waals surface area contributed by atoms with Crippen LogP contribution in [-0.2, 0) is 0 Å². The zero-order valence-corrected chi connectivity index (χ0v) is 14.2. The molecule has 1 fully saturated rings. The Hall–Kier alpha value is -0.480. The van der Waals surface area contributed by atoms with Crippen molar-refractivity contribution in [3.63, 3.8) is 0 Å². The maximum atomic E-state index is 4.38. The molecule has 0 spiro atoms. The summed E-state index contributed by atoms with van der Waals surface area (Å²) in [6, 6.07) is 0.472. The lowest BCUT2D eigenvalue weighted by Crippen LogP contribution is -2.31. The van der Waals surface area contributed by atoms with E-state index in [2.05, 4.69) is 42.6 Å². The summed E-state index contributed by atoms with van der Waals surface area (Å²) in [6.07, 6.45) is 6.62. The van der Waals surface area contributed by atoms with Crippen LogP contribution in [0.25, 0.3) is 0 Å². The van der Waals surface area contributed by atoms with Crippen LogP contribution in [0.2, 0.25) is 0 Å². The molecule has 1 heterocycles. The fourth-order valence-electron chi connectivity index (χ4n) is 3.21. The molecule has 1 N–H and O–H groups in total. The second kappa shape index (κ2) is 7.51. The van der Waals surface area contributed by atoms with Gasteiger partial charge in [-0.05, 0) is 55.1 Å². The van der Waals surface area contributed by atoms with E-state index in [1.165, 1.54) is 42.7 Å². The molecule has 1 aliphatic carbocycles. The van der Waals surface area contributed by atoms with E-state index in [0.717, 1.165) is 18.4 Å². The van der Waals surface area contributed by atoms with Crippen LogP contribution in [0.1, 0.15) is 82.3 Å². The van der Waals surface area contributed by atoms with Crippen LogP contribution >= 0.6 is 11.5 Å². The van der Waals surface area contributed by atoms with Crippen LogP contribution in [0.4, 0.5) is 0 Å². The Kier molecular flexibility index (Phi) is 5.97. The van der Waals surface area contributed by atoms with Gasteiger partial charge in [0.2, 0.25) is 0 Å². The molecule has 1 aromatic heterocycles. The molecule has 0 saturated heterocycles. The molecule has 1 aromatic rings. The van der Waals surface area contributed by atoms with Crippen LogP contribution < -0.4 is 5.32 Å². The summed E-state index contributed by atoms with van der Waals surface area (Å²) in [5.74, 6) is 2.14. The van der Waals surface area contributed by atoms with Gasteiger partial charge < -0.3 is 5.32 Å². The van der Waals surface area contributed by atoms with Gasteiger partial charge in [-0.15, -0.1) is 5.10 Å². The third kappa shape index (κ3) is 3.79. The highest BCUT2D eigenvalue weighted by atomic mass is 32.1. The number of hydrogen-bond donors (Lipinski definition) is 1. The Bertz CT molecular complexity index is 394. The topological polar surface area (TPSA) is 37.8 Å². The van der Waals surface area contributed by atoms with Crippen molar-refractivity contribution in [2.75, 3.05) is 6.54 Å². The molecule has 3 nitrogen and oxygen atoms in total. The van der Waals surface area contributed by atoms with Crippen LogP contribution in [0.5, 0.6) is 0 Å². The molecule has 0 bridgehead atoms. The standard InChI is InChI=1S/C16H29N3S/c1-5-10-17-15(13-8-6-12(4)7-9-13)16-14(11(2)3)18-19-20-16/h11-13,15,17H,5-10H2,1-4H3. The van der Waals surface area contributed by atoms with Gasteiger partial charge in [0.15, 0.2) is 0 Å². The molecule has 1 atom stereocenters. The predicted molar refractivity (Wildman–Crippen MR) is 86.2 cm³/mol. The fraction of sp³-hybridized carbons (Fsp3) is 0.875. The zero-order valence-electron chi connectivity index (χ0n) is 13.4. The summed E-state index contributed by atoms with van der Waals surface area (Å²) in [5, 5.41) is 8.17. The van der Waals surface area contributed by atoms with E-state index in [9.17, 15) is 0 Å². The van der Waals surface area contributed by atoms with Crippen LogP contribution in [0, 0.1) is 11.8 Å². The monoisotopic (exact) mass is 295 g/mol. The highest BCUT2D eigenvalue weighted by molar-refractivity contribution is 7.05. The minimum absolute atomic E-state index is 0.470. The quantitative estimate of drug-likeness (QED) is 0.838. The molecule has 1 unspecified atom stereocenters. The Labute approximate surface area is 127 Å². The van der Waals surface area contributed by atoms with Crippen molar-refractivity contribution >= 4 is 11.5 Å². The number of nitrogens with zero attached hydrogens (tertiary/aromatic N) is 2. The normalized spacial score (nSPS) is 25.1. The van der Waals surface area contributed by atoms with Gasteiger partial charge in [-0.3, -0.25) is 0 Å². The number of rotatable bonds is 6. The molecule has 2 rings (SSSR count). The van der Waals surface area contributed by atoms with Crippen LogP contribution in [0.3, 0.4) is 0 Å². The molecule has 0 aromatic carbocycles. The van der Waals surface area contributed by atoms with Gasteiger partial charge in [0.1, 0.15) is 0 Å². The summed E-state index contributed by atoms with van der Waals surface area (Å²) >= 11 is 1.61. The SMILES string of the molecule is CCCNC(c1snnc1C(C)C)C1CCC(C)CC1. The van der Waals surface area contributed by atoms with Crippen molar-refractivity contribution in [3.05, 3.63) is 10.6 Å². The van der Waals surface area contributed by atoms with Crippen molar-refractivity contribution < 1.29 is 0 Å². The van der Waals surface area contributed by atoms with Crippen molar-refractivity contribution in [1.29, 1.82) is 0 Å². The first-order chi connectivity index (χ1) is 9.63. The fourth-order valence-corrected chi connectivity index (χ4v) is 4.19. The Morgan fingerprint density at radius 3 is 2.55 bits per heavy atom. The maximum absolute atomic E-state index is 4.38. The molecule has 114 valence electrons. The number of aromatic nitrogens is 2. The smallest absolute Gasteiger partial charge is 0.0829 e. The van der Waals surface area contributed by atoms with Gasteiger partial charge in [0.25, 0.3) is 0 Å². The highest BCUT2D eigenvalue weighted by Gasteiger charge is 2.30. The molecule has 0 aliphatic heterocycles. The molecule has 4 heteroatoms. The average molecular weight is 295 g/mol. The van der Waals surface area contributed by atoms with Gasteiger partial charge in [-0.1, -0.05) is 45.0 Å². The predicted octanol–water partition coefficient (Wildman–Crippen LogP) is 4.53. The summed E-state index contributed by atoms with van der Waals surface area (Å²) in [6.45, 7) is 10.2. The van der Waals surface area contributed by atoms with E-state index in [1.807, 2.05) is 0 Å². The van der Waals surface area contributed by atoms with E-state index in [1.54, 1.807) is 11.5 Å². The third-order valence-corrected chi connectivity index (χ3v) is 5.34. The Morgan fingerprint density at radius 2 is 1.95 bits per heavy atom. The lowest BCUT2D eigenvalue weighted by atomic mass is 9.78. The van der Waals surface area contributed by atoms with Gasteiger partial charge >= 0.3 is 0 Å². The number of hydrogen-bond acceptors (Lipinski definition) is 4. The van der Waals surface area contributed by atoms with Crippen molar-refractivity contribution in [3.8, 4) is 0 Å². The molecular weight excluding hydrogens is 266 g/mol. The summed E-state index contributed by atoms with van der Waals surface area (Å²) in [7, 11) is 0. The van der Waals surface area contributed by atoms with Crippen molar-refractivity contribution in [1.82, 2.24) is 14.9 Å². The third-order valence-electron chi connectivity index (χ3n) is 4.52. The highest BCUT2D eigenvalue weighted by Crippen LogP contribution is 2.39. The van der Waals surface area contributed by atoms with Crippen molar-refractivity contribution in [2.24, 2.45) is 11.8 Å². The zero-order chi connectivity index (χ0) is 14.5. The summed E-state index contributed by atoms with van der Waals surface area (Å²) in [5.41, 5.74) is 1.21. The van der Waals surface area contributed by atoms with E-state index < -0.39 is 0 Å². The van der Waals surface area contributed by atoms with E-state index >= 15 is 0 Å². The van der Waals surface area contributed by atoms with Gasteiger partial charge in [-0.2, -0.15) is 0 Å². The van der Waals surface area contributed by atoms with Gasteiger partial charge in [0, 0.05) is 6.04 Å². The Morgan fingerprint density at radius 1 is 1.25 bits per heavy atom. The molecule has 0 amide bonds. The van der Waals surface area contributed by atoms with Crippen LogP contribution in [0.15, 0.2) is 0 Å². The minimum Gasteiger partial charge on any atom is -0.309 e. The van der Waals surface area contributed by atoms with Crippen LogP contribution in [-0.4, -0.2) is 16.1 Å². The van der Waals surface area contributed by atoms with Crippen molar-refractivity contribution in [2.45, 2.75) is 71.8 Å². The van der Waals surface area contributed by atoms with E-state index in [0.29, 0.717) is 12.0 Å². The first-order valence-electron chi connectivity index (χ1n) is 8.19. The lowest BCUT2D eigenvalue weighted by Gasteiger charge is -2.33. The molecule has 0 radical (unpaired) electrons. The summed E-state index contributed by atoms with van der Waals surface area (Å²) in [4.78, 5) is 1.40. The van der Waals surface area contributed by atoms with Gasteiger partial charge in [-0.25, -0.2) is 0 Å². The molecule has 1 saturated carbocycles. The first-order valence-corrected chi connectivity index (χ1v) is 8.96. The molecule has 1 aliphatic rings. The summed E-state index contributed by atoms with van der Waals surface area (Å²) < 4.78 is 4.23. The second-order valence-corrected chi connectivity index (χ2v) is 7.41.